The monoisotopic (exact) mass is 290 g/mol. The zero-order valence-electron chi connectivity index (χ0n) is 11.8. The highest BCUT2D eigenvalue weighted by molar-refractivity contribution is 7.17. The average molecular weight is 290 g/mol. The number of ether oxygens (including phenoxy) is 1. The van der Waals surface area contributed by atoms with Gasteiger partial charge < -0.3 is 10.1 Å². The fourth-order valence-electron chi connectivity index (χ4n) is 1.71. The molecule has 0 aromatic carbocycles. The highest BCUT2D eigenvalue weighted by atomic mass is 32.1. The van der Waals surface area contributed by atoms with Gasteiger partial charge in [-0.25, -0.2) is 4.98 Å². The minimum Gasteiger partial charge on any atom is -0.478 e. The normalized spacial score (nSPS) is 10.6. The molecule has 4 nitrogen and oxygen atoms in total. The van der Waals surface area contributed by atoms with Gasteiger partial charge >= 0.3 is 0 Å². The summed E-state index contributed by atoms with van der Waals surface area (Å²) in [5.74, 6) is 0.584. The zero-order chi connectivity index (χ0) is 14.5. The van der Waals surface area contributed by atoms with Crippen LogP contribution in [0.4, 0.5) is 0 Å². The van der Waals surface area contributed by atoms with Crippen LogP contribution in [-0.2, 0) is 0 Å². The molecule has 0 aliphatic rings. The van der Waals surface area contributed by atoms with Crippen LogP contribution in [0, 0.1) is 0 Å². The largest absolute Gasteiger partial charge is 0.478 e. The van der Waals surface area contributed by atoms with E-state index in [9.17, 15) is 4.79 Å². The lowest BCUT2D eigenvalue weighted by molar-refractivity contribution is 0.0947. The molecular weight excluding hydrogens is 272 g/mol. The maximum Gasteiger partial charge on any atom is 0.261 e. The van der Waals surface area contributed by atoms with Gasteiger partial charge in [-0.3, -0.25) is 4.79 Å². The van der Waals surface area contributed by atoms with Crippen LogP contribution < -0.4 is 10.1 Å². The third-order valence-electron chi connectivity index (χ3n) is 2.56. The highest BCUT2D eigenvalue weighted by Crippen LogP contribution is 2.28. The van der Waals surface area contributed by atoms with Crippen LogP contribution in [0.1, 0.15) is 30.4 Å². The number of pyridine rings is 1. The molecule has 2 aromatic heterocycles. The fourth-order valence-corrected chi connectivity index (χ4v) is 2.61. The Morgan fingerprint density at radius 3 is 2.75 bits per heavy atom. The van der Waals surface area contributed by atoms with Gasteiger partial charge in [-0.1, -0.05) is 0 Å². The summed E-state index contributed by atoms with van der Waals surface area (Å²) in [6.45, 7) is 6.42. The Balaban J connectivity index is 2.13. The van der Waals surface area contributed by atoms with Gasteiger partial charge in [0.05, 0.1) is 11.5 Å². The Labute approximate surface area is 122 Å². The highest BCUT2D eigenvalue weighted by Gasteiger charge is 2.11. The average Bonchev–Trinajstić information content (AvgIpc) is 2.89. The van der Waals surface area contributed by atoms with E-state index >= 15 is 0 Å². The summed E-state index contributed by atoms with van der Waals surface area (Å²) in [6, 6.07) is 7.71. The van der Waals surface area contributed by atoms with Crippen molar-refractivity contribution in [3.8, 4) is 16.3 Å². The van der Waals surface area contributed by atoms with Gasteiger partial charge in [-0.2, -0.15) is 0 Å². The smallest absolute Gasteiger partial charge is 0.261 e. The van der Waals surface area contributed by atoms with E-state index in [4.69, 9.17) is 4.74 Å². The molecule has 0 radical (unpaired) electrons. The standard InChI is InChI=1S/C15H18N2O2S/c1-4-19-14-8-5-11(9-16-14)12-6-7-13(20-12)15(18)17-10(2)3/h5-10H,4H2,1-3H3,(H,17,18). The summed E-state index contributed by atoms with van der Waals surface area (Å²) < 4.78 is 5.31. The van der Waals surface area contributed by atoms with Gasteiger partial charge in [0, 0.05) is 28.7 Å². The predicted molar refractivity (Wildman–Crippen MR) is 81.3 cm³/mol. The SMILES string of the molecule is CCOc1ccc(-c2ccc(C(=O)NC(C)C)s2)cn1. The number of aromatic nitrogens is 1. The van der Waals surface area contributed by atoms with Crippen molar-refractivity contribution < 1.29 is 9.53 Å². The first-order valence-electron chi connectivity index (χ1n) is 6.60. The Morgan fingerprint density at radius 1 is 1.35 bits per heavy atom. The number of thiophene rings is 1. The minimum atomic E-state index is -0.0323. The number of hydrogen-bond acceptors (Lipinski definition) is 4. The first kappa shape index (κ1) is 14.5. The lowest BCUT2D eigenvalue weighted by Gasteiger charge is -2.05. The third-order valence-corrected chi connectivity index (χ3v) is 3.70. The van der Waals surface area contributed by atoms with Crippen molar-refractivity contribution in [1.82, 2.24) is 10.3 Å². The van der Waals surface area contributed by atoms with Crippen LogP contribution >= 0.6 is 11.3 Å². The molecule has 0 bridgehead atoms. The number of carbonyl (C=O) groups excluding carboxylic acids is 1. The summed E-state index contributed by atoms with van der Waals surface area (Å²) in [4.78, 5) is 17.9. The van der Waals surface area contributed by atoms with Crippen LogP contribution in [0.3, 0.4) is 0 Å². The Hall–Kier alpha value is -1.88. The summed E-state index contributed by atoms with van der Waals surface area (Å²) >= 11 is 1.46. The fraction of sp³-hybridized carbons (Fsp3) is 0.333. The van der Waals surface area contributed by atoms with E-state index in [1.807, 2.05) is 45.0 Å². The second kappa shape index (κ2) is 6.52. The van der Waals surface area contributed by atoms with Crippen LogP contribution in [-0.4, -0.2) is 23.5 Å². The number of amides is 1. The lowest BCUT2D eigenvalue weighted by atomic mass is 10.2. The van der Waals surface area contributed by atoms with Crippen molar-refractivity contribution in [2.45, 2.75) is 26.8 Å². The Morgan fingerprint density at radius 2 is 2.15 bits per heavy atom. The van der Waals surface area contributed by atoms with E-state index in [0.717, 1.165) is 10.4 Å². The van der Waals surface area contributed by atoms with Crippen LogP contribution in [0.5, 0.6) is 5.88 Å². The van der Waals surface area contributed by atoms with Crippen molar-refractivity contribution in [2.24, 2.45) is 0 Å². The number of rotatable bonds is 5. The summed E-state index contributed by atoms with van der Waals surface area (Å²) in [7, 11) is 0. The molecule has 0 spiro atoms. The van der Waals surface area contributed by atoms with Crippen molar-refractivity contribution in [2.75, 3.05) is 6.61 Å². The van der Waals surface area contributed by atoms with E-state index in [1.165, 1.54) is 11.3 Å². The van der Waals surface area contributed by atoms with Crippen LogP contribution in [0.25, 0.3) is 10.4 Å². The number of nitrogens with one attached hydrogen (secondary N) is 1. The second-order valence-electron chi connectivity index (χ2n) is 4.61. The maximum absolute atomic E-state index is 11.9. The first-order chi connectivity index (χ1) is 9.60. The van der Waals surface area contributed by atoms with Crippen LogP contribution in [0.2, 0.25) is 0 Å². The van der Waals surface area contributed by atoms with Gasteiger partial charge in [0.25, 0.3) is 5.91 Å². The molecule has 0 aliphatic heterocycles. The van der Waals surface area contributed by atoms with Gasteiger partial charge in [0.2, 0.25) is 5.88 Å². The first-order valence-corrected chi connectivity index (χ1v) is 7.41. The molecule has 0 unspecified atom stereocenters. The van der Waals surface area contributed by atoms with Crippen molar-refractivity contribution in [3.63, 3.8) is 0 Å². The number of hydrogen-bond donors (Lipinski definition) is 1. The molecule has 0 atom stereocenters. The van der Waals surface area contributed by atoms with E-state index < -0.39 is 0 Å². The quantitative estimate of drug-likeness (QED) is 0.918. The van der Waals surface area contributed by atoms with Gasteiger partial charge in [0.15, 0.2) is 0 Å². The van der Waals surface area contributed by atoms with Gasteiger partial charge in [0.1, 0.15) is 0 Å². The van der Waals surface area contributed by atoms with Crippen LogP contribution in [0.15, 0.2) is 30.5 Å². The predicted octanol–water partition coefficient (Wildman–Crippen LogP) is 3.35. The molecule has 2 rings (SSSR count). The number of nitrogens with zero attached hydrogens (tertiary/aromatic N) is 1. The topological polar surface area (TPSA) is 51.2 Å². The molecule has 106 valence electrons. The zero-order valence-corrected chi connectivity index (χ0v) is 12.7. The molecule has 20 heavy (non-hydrogen) atoms. The second-order valence-corrected chi connectivity index (χ2v) is 5.69. The molecule has 2 heterocycles. The van der Waals surface area contributed by atoms with E-state index in [2.05, 4.69) is 10.3 Å². The molecule has 0 saturated carbocycles. The van der Waals surface area contributed by atoms with E-state index in [0.29, 0.717) is 17.4 Å². The van der Waals surface area contributed by atoms with Gasteiger partial charge in [-0.05, 0) is 39.0 Å². The van der Waals surface area contributed by atoms with Crippen molar-refractivity contribution in [1.29, 1.82) is 0 Å². The molecule has 2 aromatic rings. The van der Waals surface area contributed by atoms with E-state index in [1.54, 1.807) is 6.20 Å². The maximum atomic E-state index is 11.9. The lowest BCUT2D eigenvalue weighted by Crippen LogP contribution is -2.29. The minimum absolute atomic E-state index is 0.0323. The molecule has 0 aliphatic carbocycles. The molecule has 1 amide bonds. The third kappa shape index (κ3) is 3.57. The summed E-state index contributed by atoms with van der Waals surface area (Å²) in [5.41, 5.74) is 0.988. The molecule has 0 saturated heterocycles. The van der Waals surface area contributed by atoms with E-state index in [-0.39, 0.29) is 11.9 Å². The van der Waals surface area contributed by atoms with Crippen molar-refractivity contribution in [3.05, 3.63) is 35.3 Å². The molecule has 0 fully saturated rings. The van der Waals surface area contributed by atoms with Crippen molar-refractivity contribution >= 4 is 17.2 Å². The summed E-state index contributed by atoms with van der Waals surface area (Å²) in [6.07, 6.45) is 1.76. The molecule has 1 N–H and O–H groups in total. The Kier molecular flexibility index (Phi) is 4.74. The van der Waals surface area contributed by atoms with Gasteiger partial charge in [-0.15, -0.1) is 11.3 Å². The Bertz CT molecular complexity index is 576. The molecular formula is C15H18N2O2S. The summed E-state index contributed by atoms with van der Waals surface area (Å²) in [5, 5.41) is 2.89. The number of carbonyl (C=O) groups is 1. The molecule has 5 heteroatoms.